The number of nitrogens with zero attached hydrogens (tertiary/aromatic N) is 1. The molecule has 0 amide bonds. The first-order valence-corrected chi connectivity index (χ1v) is 9.06. The van der Waals surface area contributed by atoms with E-state index < -0.39 is 9.84 Å². The van der Waals surface area contributed by atoms with E-state index in [0.717, 1.165) is 0 Å². The Morgan fingerprint density at radius 1 is 1.24 bits per heavy atom. The summed E-state index contributed by atoms with van der Waals surface area (Å²) in [5.41, 5.74) is 3.72. The van der Waals surface area contributed by atoms with E-state index in [1.165, 1.54) is 22.9 Å². The highest BCUT2D eigenvalue weighted by atomic mass is 32.2. The average Bonchev–Trinajstić information content (AvgIpc) is 2.38. The lowest BCUT2D eigenvalue weighted by atomic mass is 10.1. The van der Waals surface area contributed by atoms with Gasteiger partial charge in [0.2, 0.25) is 0 Å². The van der Waals surface area contributed by atoms with Crippen molar-refractivity contribution in [2.45, 2.75) is 26.8 Å². The van der Waals surface area contributed by atoms with E-state index in [-0.39, 0.29) is 5.75 Å². The molecule has 118 valence electrons. The van der Waals surface area contributed by atoms with Gasteiger partial charge in [0, 0.05) is 26.4 Å². The van der Waals surface area contributed by atoms with Crippen LogP contribution in [0, 0.1) is 13.8 Å². The van der Waals surface area contributed by atoms with Gasteiger partial charge in [-0.05, 0) is 31.4 Å². The maximum absolute atomic E-state index is 11.0. The SMILES string of the molecule is CN=C(NCCCS(C)(=O)=O)NCc1ccc(C)cc1C. The van der Waals surface area contributed by atoms with E-state index in [0.29, 0.717) is 25.5 Å². The minimum atomic E-state index is -2.89. The van der Waals surface area contributed by atoms with Gasteiger partial charge >= 0.3 is 0 Å². The van der Waals surface area contributed by atoms with Crippen molar-refractivity contribution in [2.24, 2.45) is 4.99 Å². The van der Waals surface area contributed by atoms with Gasteiger partial charge in [-0.25, -0.2) is 8.42 Å². The highest BCUT2D eigenvalue weighted by Crippen LogP contribution is 2.09. The summed E-state index contributed by atoms with van der Waals surface area (Å²) in [6.45, 7) is 5.44. The number of rotatable bonds is 6. The van der Waals surface area contributed by atoms with Crippen LogP contribution in [-0.2, 0) is 16.4 Å². The molecule has 0 unspecified atom stereocenters. The van der Waals surface area contributed by atoms with Gasteiger partial charge in [0.25, 0.3) is 0 Å². The van der Waals surface area contributed by atoms with Crippen LogP contribution in [0.25, 0.3) is 0 Å². The highest BCUT2D eigenvalue weighted by Gasteiger charge is 2.03. The van der Waals surface area contributed by atoms with Crippen molar-refractivity contribution in [3.63, 3.8) is 0 Å². The Balaban J connectivity index is 2.41. The number of hydrogen-bond donors (Lipinski definition) is 2. The van der Waals surface area contributed by atoms with Crippen LogP contribution in [0.2, 0.25) is 0 Å². The lowest BCUT2D eigenvalue weighted by Gasteiger charge is -2.13. The summed E-state index contributed by atoms with van der Waals surface area (Å²) in [4.78, 5) is 4.13. The van der Waals surface area contributed by atoms with Crippen LogP contribution in [0.1, 0.15) is 23.1 Å². The van der Waals surface area contributed by atoms with E-state index in [4.69, 9.17) is 0 Å². The van der Waals surface area contributed by atoms with Gasteiger partial charge in [-0.15, -0.1) is 0 Å². The predicted molar refractivity (Wildman–Crippen MR) is 88.4 cm³/mol. The second-order valence-corrected chi connectivity index (χ2v) is 7.53. The molecule has 0 saturated heterocycles. The second kappa shape index (κ2) is 8.02. The zero-order chi connectivity index (χ0) is 15.9. The molecule has 0 aliphatic rings. The van der Waals surface area contributed by atoms with Gasteiger partial charge < -0.3 is 10.6 Å². The lowest BCUT2D eigenvalue weighted by Crippen LogP contribution is -2.37. The molecular weight excluding hydrogens is 286 g/mol. The van der Waals surface area contributed by atoms with E-state index >= 15 is 0 Å². The van der Waals surface area contributed by atoms with Crippen molar-refractivity contribution >= 4 is 15.8 Å². The van der Waals surface area contributed by atoms with Crippen LogP contribution in [0.4, 0.5) is 0 Å². The Bertz CT molecular complexity index is 595. The largest absolute Gasteiger partial charge is 0.356 e. The topological polar surface area (TPSA) is 70.6 Å². The Labute approximate surface area is 127 Å². The van der Waals surface area contributed by atoms with Crippen LogP contribution >= 0.6 is 0 Å². The molecule has 0 saturated carbocycles. The molecular formula is C15H25N3O2S. The zero-order valence-corrected chi connectivity index (χ0v) is 14.0. The molecule has 0 heterocycles. The quantitative estimate of drug-likeness (QED) is 0.473. The molecule has 1 aromatic carbocycles. The number of aryl methyl sites for hydroxylation is 2. The van der Waals surface area contributed by atoms with Crippen LogP contribution < -0.4 is 10.6 Å². The molecule has 0 radical (unpaired) electrons. The fourth-order valence-corrected chi connectivity index (χ4v) is 2.65. The third-order valence-electron chi connectivity index (χ3n) is 3.15. The molecule has 5 nitrogen and oxygen atoms in total. The van der Waals surface area contributed by atoms with Crippen LogP contribution in [0.3, 0.4) is 0 Å². The van der Waals surface area contributed by atoms with Crippen LogP contribution in [-0.4, -0.2) is 40.0 Å². The smallest absolute Gasteiger partial charge is 0.191 e. The fourth-order valence-electron chi connectivity index (χ4n) is 1.98. The number of hydrogen-bond acceptors (Lipinski definition) is 3. The summed E-state index contributed by atoms with van der Waals surface area (Å²) in [6, 6.07) is 6.35. The Kier molecular flexibility index (Phi) is 6.68. The van der Waals surface area contributed by atoms with Crippen LogP contribution in [0.15, 0.2) is 23.2 Å². The lowest BCUT2D eigenvalue weighted by molar-refractivity contribution is 0.598. The van der Waals surface area contributed by atoms with Crippen molar-refractivity contribution in [1.29, 1.82) is 0 Å². The maximum Gasteiger partial charge on any atom is 0.191 e. The number of guanidine groups is 1. The molecule has 0 fully saturated rings. The third kappa shape index (κ3) is 7.13. The second-order valence-electron chi connectivity index (χ2n) is 5.27. The normalized spacial score (nSPS) is 12.3. The van der Waals surface area contributed by atoms with E-state index in [9.17, 15) is 8.42 Å². The molecule has 0 aromatic heterocycles. The number of benzene rings is 1. The number of aliphatic imine (C=N–C) groups is 1. The summed E-state index contributed by atoms with van der Waals surface area (Å²) in [6.07, 6.45) is 1.82. The summed E-state index contributed by atoms with van der Waals surface area (Å²) in [5, 5.41) is 6.35. The summed E-state index contributed by atoms with van der Waals surface area (Å²) in [5.74, 6) is 0.872. The predicted octanol–water partition coefficient (Wildman–Crippen LogP) is 1.40. The summed E-state index contributed by atoms with van der Waals surface area (Å²) < 4.78 is 22.1. The standard InChI is InChI=1S/C15H25N3O2S/c1-12-6-7-14(13(2)10-12)11-18-15(16-3)17-8-5-9-21(4,19)20/h6-7,10H,5,8-9,11H2,1-4H3,(H2,16,17,18). The number of sulfone groups is 1. The van der Waals surface area contributed by atoms with Gasteiger partial charge in [-0.1, -0.05) is 23.8 Å². The maximum atomic E-state index is 11.0. The third-order valence-corrected chi connectivity index (χ3v) is 4.18. The monoisotopic (exact) mass is 311 g/mol. The first-order valence-electron chi connectivity index (χ1n) is 7.00. The molecule has 0 bridgehead atoms. The van der Waals surface area contributed by atoms with Crippen molar-refractivity contribution in [3.8, 4) is 0 Å². The van der Waals surface area contributed by atoms with E-state index in [1.54, 1.807) is 7.05 Å². The highest BCUT2D eigenvalue weighted by molar-refractivity contribution is 7.90. The first-order chi connectivity index (χ1) is 9.81. The van der Waals surface area contributed by atoms with Crippen molar-refractivity contribution in [1.82, 2.24) is 10.6 Å². The Morgan fingerprint density at radius 3 is 2.52 bits per heavy atom. The van der Waals surface area contributed by atoms with Gasteiger partial charge in [0.05, 0.1) is 5.75 Å². The summed E-state index contributed by atoms with van der Waals surface area (Å²) in [7, 11) is -1.19. The van der Waals surface area contributed by atoms with Crippen LogP contribution in [0.5, 0.6) is 0 Å². The zero-order valence-electron chi connectivity index (χ0n) is 13.2. The van der Waals surface area contributed by atoms with Crippen molar-refractivity contribution in [2.75, 3.05) is 25.6 Å². The molecule has 0 aliphatic heterocycles. The minimum Gasteiger partial charge on any atom is -0.356 e. The fraction of sp³-hybridized carbons (Fsp3) is 0.533. The van der Waals surface area contributed by atoms with Gasteiger partial charge in [0.1, 0.15) is 9.84 Å². The minimum absolute atomic E-state index is 0.189. The summed E-state index contributed by atoms with van der Waals surface area (Å²) >= 11 is 0. The molecule has 1 rings (SSSR count). The molecule has 1 aromatic rings. The van der Waals surface area contributed by atoms with E-state index in [2.05, 4.69) is 47.7 Å². The Hall–Kier alpha value is -1.56. The van der Waals surface area contributed by atoms with Gasteiger partial charge in [-0.2, -0.15) is 0 Å². The molecule has 6 heteroatoms. The average molecular weight is 311 g/mol. The molecule has 21 heavy (non-hydrogen) atoms. The van der Waals surface area contributed by atoms with Crippen molar-refractivity contribution in [3.05, 3.63) is 34.9 Å². The van der Waals surface area contributed by atoms with Crippen molar-refractivity contribution < 1.29 is 8.42 Å². The molecule has 0 spiro atoms. The molecule has 0 atom stereocenters. The van der Waals surface area contributed by atoms with E-state index in [1.807, 2.05) is 0 Å². The van der Waals surface area contributed by atoms with Gasteiger partial charge in [0.15, 0.2) is 5.96 Å². The number of nitrogens with one attached hydrogen (secondary N) is 2. The van der Waals surface area contributed by atoms with Gasteiger partial charge in [-0.3, -0.25) is 4.99 Å². The first kappa shape index (κ1) is 17.5. The molecule has 2 N–H and O–H groups in total. The Morgan fingerprint density at radius 2 is 1.95 bits per heavy atom. The molecule has 0 aliphatic carbocycles.